The number of carbonyl (C=O) groups is 1. The minimum absolute atomic E-state index is 0.189. The summed E-state index contributed by atoms with van der Waals surface area (Å²) < 4.78 is 15.9. The van der Waals surface area contributed by atoms with Crippen molar-refractivity contribution in [3.63, 3.8) is 0 Å². The number of pyridine rings is 2. The number of carbonyl (C=O) groups excluding carboxylic acids is 1. The first-order chi connectivity index (χ1) is 28.3. The van der Waals surface area contributed by atoms with Crippen LogP contribution in [-0.2, 0) is 19.9 Å². The number of aliphatic hydroxyl groups is 2. The first-order valence-corrected chi connectivity index (χ1v) is 21.5. The summed E-state index contributed by atoms with van der Waals surface area (Å²) in [5, 5.41) is 29.4. The summed E-state index contributed by atoms with van der Waals surface area (Å²) in [4.78, 5) is 29.7. The lowest BCUT2D eigenvalue weighted by Crippen LogP contribution is -2.26. The molecule has 2 fully saturated rings. The summed E-state index contributed by atoms with van der Waals surface area (Å²) in [5.74, 6) is 3.15. The summed E-state index contributed by atoms with van der Waals surface area (Å²) in [7, 11) is 3.45. The van der Waals surface area contributed by atoms with Crippen molar-refractivity contribution in [1.29, 1.82) is 0 Å². The molecule has 0 saturated heterocycles. The Bertz CT molecular complexity index is 2500. The van der Waals surface area contributed by atoms with Crippen LogP contribution >= 0.6 is 22.7 Å². The van der Waals surface area contributed by atoms with Crippen LogP contribution < -0.4 is 14.8 Å². The van der Waals surface area contributed by atoms with Crippen LogP contribution in [0.25, 0.3) is 31.7 Å². The molecule has 300 valence electrons. The Hall–Kier alpha value is -5.28. The number of hydrogen-bond donors (Lipinski definition) is 3. The van der Waals surface area contributed by atoms with Crippen molar-refractivity contribution in [2.75, 3.05) is 7.05 Å². The first-order valence-electron chi connectivity index (χ1n) is 19.9. The van der Waals surface area contributed by atoms with Gasteiger partial charge in [-0.15, -0.1) is 22.7 Å². The third-order valence-electron chi connectivity index (χ3n) is 10.8. The highest BCUT2D eigenvalue weighted by atomic mass is 32.1. The number of thiazole rings is 2. The Morgan fingerprint density at radius 3 is 1.81 bits per heavy atom. The number of aromatic nitrogens is 6. The quantitative estimate of drug-likeness (QED) is 0.122. The molecule has 0 bridgehead atoms. The summed E-state index contributed by atoms with van der Waals surface area (Å²) in [6.45, 7) is 0. The van der Waals surface area contributed by atoms with E-state index in [-0.39, 0.29) is 18.1 Å². The van der Waals surface area contributed by atoms with Gasteiger partial charge in [0, 0.05) is 75.4 Å². The zero-order chi connectivity index (χ0) is 40.0. The molecule has 3 N–H and O–H groups in total. The molecule has 9 rings (SSSR count). The lowest BCUT2D eigenvalue weighted by atomic mass is 9.84. The van der Waals surface area contributed by atoms with Crippen molar-refractivity contribution in [2.45, 2.75) is 76.4 Å². The predicted octanol–water partition coefficient (Wildman–Crippen LogP) is 8.91. The van der Waals surface area contributed by atoms with Gasteiger partial charge in [0.25, 0.3) is 5.91 Å². The maximum Gasteiger partial charge on any atom is 0.269 e. The van der Waals surface area contributed by atoms with Crippen molar-refractivity contribution >= 4 is 49.0 Å². The van der Waals surface area contributed by atoms with Crippen molar-refractivity contribution < 1.29 is 24.5 Å². The molecule has 14 heteroatoms. The minimum Gasteiger partial charge on any atom is -0.457 e. The average molecular weight is 818 g/mol. The Morgan fingerprint density at radius 2 is 1.28 bits per heavy atom. The molecule has 4 atom stereocenters. The zero-order valence-corrected chi connectivity index (χ0v) is 34.2. The largest absolute Gasteiger partial charge is 0.457 e. The number of benzene rings is 2. The van der Waals surface area contributed by atoms with Gasteiger partial charge < -0.3 is 25.0 Å². The molecule has 58 heavy (non-hydrogen) atoms. The monoisotopic (exact) mass is 817 g/mol. The van der Waals surface area contributed by atoms with E-state index in [0.29, 0.717) is 29.0 Å². The van der Waals surface area contributed by atoms with Crippen LogP contribution in [0, 0.1) is 11.8 Å². The van der Waals surface area contributed by atoms with Gasteiger partial charge in [0.2, 0.25) is 0 Å². The highest BCUT2D eigenvalue weighted by Gasteiger charge is 2.26. The van der Waals surface area contributed by atoms with E-state index >= 15 is 0 Å². The second-order valence-corrected chi connectivity index (χ2v) is 17.3. The zero-order valence-electron chi connectivity index (χ0n) is 32.6. The number of hydrogen-bond acceptors (Lipinski definition) is 12. The number of aryl methyl sites for hydroxylation is 1. The molecule has 1 amide bonds. The SMILES string of the molecule is CNC(=O)c1cc(Oc2ccc3nc(CC4CCCC[C@H]4O)sc3c2)ccn1.Cn1cc(-c2cc(Oc3ccc4nc(CC5CCCC[C@H]5O)sc4c3)ccn2)cn1. The van der Waals surface area contributed by atoms with Crippen LogP contribution in [0.2, 0.25) is 0 Å². The first kappa shape index (κ1) is 39.5. The van der Waals surface area contributed by atoms with E-state index < -0.39 is 0 Å². The molecule has 0 spiro atoms. The number of ether oxygens (including phenoxy) is 2. The number of aliphatic hydroxyl groups excluding tert-OH is 2. The molecule has 0 aliphatic heterocycles. The van der Waals surface area contributed by atoms with Gasteiger partial charge in [0.1, 0.15) is 28.7 Å². The lowest BCUT2D eigenvalue weighted by Gasteiger charge is -2.26. The summed E-state index contributed by atoms with van der Waals surface area (Å²) in [5.41, 5.74) is 4.02. The summed E-state index contributed by atoms with van der Waals surface area (Å²) in [6, 6.07) is 18.9. The van der Waals surface area contributed by atoms with Crippen LogP contribution in [0.5, 0.6) is 23.0 Å². The standard InChI is InChI=1S/C23H24N4O2S.C21H23N3O3S/c1-27-14-16(13-25-27)20-11-18(8-9-24-20)29-17-6-7-19-22(12-17)30-23(26-19)10-15-4-2-3-5-21(15)28;1-22-21(26)17-11-15(8-9-23-17)27-14-6-7-16-19(12-14)28-20(24-16)10-13-4-2-3-5-18(13)25/h6-9,11-15,21,28H,2-5,10H2,1H3;6-9,11-13,18,25H,2-5,10H2,1H3,(H,22,26)/t15?,21-;13?,18-/m11/s1. The third kappa shape index (κ3) is 9.70. The second-order valence-electron chi connectivity index (χ2n) is 15.0. The van der Waals surface area contributed by atoms with Crippen molar-refractivity contribution in [1.82, 2.24) is 35.0 Å². The normalized spacial score (nSPS) is 19.4. The Morgan fingerprint density at radius 1 is 0.741 bits per heavy atom. The van der Waals surface area contributed by atoms with Crippen LogP contribution in [0.15, 0.2) is 85.5 Å². The molecule has 7 aromatic rings. The molecule has 2 saturated carbocycles. The smallest absolute Gasteiger partial charge is 0.269 e. The molecule has 12 nitrogen and oxygen atoms in total. The molecule has 5 aromatic heterocycles. The van der Waals surface area contributed by atoms with E-state index in [1.807, 2.05) is 61.8 Å². The van der Waals surface area contributed by atoms with Gasteiger partial charge in [-0.1, -0.05) is 25.7 Å². The van der Waals surface area contributed by atoms with Gasteiger partial charge in [0.05, 0.1) is 54.5 Å². The van der Waals surface area contributed by atoms with Crippen molar-refractivity contribution in [2.24, 2.45) is 18.9 Å². The topological polar surface area (TPSA) is 157 Å². The van der Waals surface area contributed by atoms with Crippen LogP contribution in [0.3, 0.4) is 0 Å². The molecule has 0 radical (unpaired) electrons. The maximum atomic E-state index is 11.7. The maximum absolute atomic E-state index is 11.7. The van der Waals surface area contributed by atoms with E-state index in [1.54, 1.807) is 65.1 Å². The molecular formula is C44H47N7O5S2. The van der Waals surface area contributed by atoms with Crippen LogP contribution in [0.4, 0.5) is 0 Å². The number of rotatable bonds is 10. The number of fused-ring (bicyclic) bond motifs is 2. The predicted molar refractivity (Wildman–Crippen MR) is 227 cm³/mol. The Labute approximate surface area is 345 Å². The van der Waals surface area contributed by atoms with E-state index in [0.717, 1.165) is 105 Å². The van der Waals surface area contributed by atoms with E-state index in [4.69, 9.17) is 19.4 Å². The molecule has 2 aliphatic carbocycles. The minimum atomic E-state index is -0.252. The van der Waals surface area contributed by atoms with Gasteiger partial charge in [-0.25, -0.2) is 9.97 Å². The molecule has 2 aliphatic rings. The summed E-state index contributed by atoms with van der Waals surface area (Å²) in [6.07, 6.45) is 16.9. The van der Waals surface area contributed by atoms with Gasteiger partial charge in [-0.2, -0.15) is 5.10 Å². The average Bonchev–Trinajstić information content (AvgIpc) is 3.97. The Balaban J connectivity index is 0.000000162. The van der Waals surface area contributed by atoms with Gasteiger partial charge in [0.15, 0.2) is 0 Å². The van der Waals surface area contributed by atoms with E-state index in [9.17, 15) is 15.0 Å². The Kier molecular flexibility index (Phi) is 12.3. The van der Waals surface area contributed by atoms with E-state index in [1.165, 1.54) is 12.8 Å². The second kappa shape index (κ2) is 18.1. The highest BCUT2D eigenvalue weighted by Crippen LogP contribution is 2.35. The van der Waals surface area contributed by atoms with Crippen LogP contribution in [0.1, 0.15) is 71.9 Å². The van der Waals surface area contributed by atoms with Gasteiger partial charge in [-0.3, -0.25) is 19.4 Å². The lowest BCUT2D eigenvalue weighted by molar-refractivity contribution is 0.0698. The third-order valence-corrected chi connectivity index (χ3v) is 12.9. The summed E-state index contributed by atoms with van der Waals surface area (Å²) >= 11 is 3.35. The molecular weight excluding hydrogens is 771 g/mol. The fourth-order valence-corrected chi connectivity index (χ4v) is 9.87. The van der Waals surface area contributed by atoms with Crippen LogP contribution in [-0.4, -0.2) is 65.1 Å². The highest BCUT2D eigenvalue weighted by molar-refractivity contribution is 7.18. The van der Waals surface area contributed by atoms with Crippen molar-refractivity contribution in [3.05, 3.63) is 101 Å². The number of nitrogens with one attached hydrogen (secondary N) is 1. The van der Waals surface area contributed by atoms with Gasteiger partial charge in [-0.05, 0) is 73.9 Å². The molecule has 2 unspecified atom stereocenters. The molecule has 2 aromatic carbocycles. The number of nitrogens with zero attached hydrogens (tertiary/aromatic N) is 6. The molecule has 5 heterocycles. The fraction of sp³-hybridized carbons (Fsp3) is 0.364. The fourth-order valence-electron chi connectivity index (χ4n) is 7.69. The van der Waals surface area contributed by atoms with Crippen molar-refractivity contribution in [3.8, 4) is 34.3 Å². The van der Waals surface area contributed by atoms with Gasteiger partial charge >= 0.3 is 0 Å². The van der Waals surface area contributed by atoms with E-state index in [2.05, 4.69) is 20.4 Å². The number of amides is 1.